The van der Waals surface area contributed by atoms with Crippen LogP contribution in [0.15, 0.2) is 11.8 Å². The summed E-state index contributed by atoms with van der Waals surface area (Å²) in [6.45, 7) is 3.78. The molecule has 1 fully saturated rings. The SMILES string of the molecule is CC(C)C(O)=CC(=O)C1CCCCC1. The number of ketones is 1. The molecule has 0 heterocycles. The van der Waals surface area contributed by atoms with Gasteiger partial charge in [-0.1, -0.05) is 33.1 Å². The normalized spacial score (nSPS) is 20.1. The molecule has 0 amide bonds. The van der Waals surface area contributed by atoms with E-state index >= 15 is 0 Å². The molecule has 2 heteroatoms. The van der Waals surface area contributed by atoms with E-state index in [1.807, 2.05) is 13.8 Å². The van der Waals surface area contributed by atoms with E-state index < -0.39 is 0 Å². The minimum Gasteiger partial charge on any atom is -0.512 e. The Balaban J connectivity index is 2.51. The summed E-state index contributed by atoms with van der Waals surface area (Å²) in [5, 5.41) is 9.47. The predicted molar refractivity (Wildman–Crippen MR) is 57.1 cm³/mol. The van der Waals surface area contributed by atoms with Crippen LogP contribution in [0, 0.1) is 11.8 Å². The molecule has 0 bridgehead atoms. The van der Waals surface area contributed by atoms with E-state index in [1.54, 1.807) is 0 Å². The lowest BCUT2D eigenvalue weighted by Gasteiger charge is -2.18. The molecule has 1 aliphatic rings. The number of carbonyl (C=O) groups is 1. The maximum Gasteiger partial charge on any atom is 0.162 e. The summed E-state index contributed by atoms with van der Waals surface area (Å²) in [7, 11) is 0. The molecule has 1 aliphatic carbocycles. The van der Waals surface area contributed by atoms with Crippen LogP contribution in [0.2, 0.25) is 0 Å². The molecule has 0 aromatic heterocycles. The number of hydrogen-bond acceptors (Lipinski definition) is 2. The van der Waals surface area contributed by atoms with Crippen LogP contribution in [0.1, 0.15) is 46.0 Å². The van der Waals surface area contributed by atoms with Crippen molar-refractivity contribution in [1.82, 2.24) is 0 Å². The maximum absolute atomic E-state index is 11.7. The molecule has 0 unspecified atom stereocenters. The third kappa shape index (κ3) is 3.17. The van der Waals surface area contributed by atoms with Crippen molar-refractivity contribution in [3.8, 4) is 0 Å². The quantitative estimate of drug-likeness (QED) is 0.555. The van der Waals surface area contributed by atoms with E-state index in [1.165, 1.54) is 12.5 Å². The molecule has 0 aromatic rings. The fourth-order valence-electron chi connectivity index (χ4n) is 1.82. The van der Waals surface area contributed by atoms with Crippen molar-refractivity contribution in [1.29, 1.82) is 0 Å². The average molecular weight is 196 g/mol. The van der Waals surface area contributed by atoms with Gasteiger partial charge < -0.3 is 5.11 Å². The molecule has 0 aromatic carbocycles. The van der Waals surface area contributed by atoms with Crippen molar-refractivity contribution in [2.24, 2.45) is 11.8 Å². The van der Waals surface area contributed by atoms with Gasteiger partial charge in [-0.3, -0.25) is 4.79 Å². The number of carbonyl (C=O) groups excluding carboxylic acids is 1. The first-order valence-corrected chi connectivity index (χ1v) is 5.55. The first-order chi connectivity index (χ1) is 6.61. The summed E-state index contributed by atoms with van der Waals surface area (Å²) < 4.78 is 0. The second kappa shape index (κ2) is 5.18. The van der Waals surface area contributed by atoms with Crippen molar-refractivity contribution in [2.75, 3.05) is 0 Å². The van der Waals surface area contributed by atoms with E-state index in [9.17, 15) is 9.90 Å². The Kier molecular flexibility index (Phi) is 4.18. The van der Waals surface area contributed by atoms with Crippen LogP contribution in [0.25, 0.3) is 0 Å². The Morgan fingerprint density at radius 3 is 2.36 bits per heavy atom. The van der Waals surface area contributed by atoms with Crippen molar-refractivity contribution >= 4 is 5.78 Å². The lowest BCUT2D eigenvalue weighted by Crippen LogP contribution is -2.16. The highest BCUT2D eigenvalue weighted by Crippen LogP contribution is 2.25. The van der Waals surface area contributed by atoms with E-state index in [0.717, 1.165) is 25.7 Å². The highest BCUT2D eigenvalue weighted by molar-refractivity contribution is 5.92. The summed E-state index contributed by atoms with van der Waals surface area (Å²) in [5.41, 5.74) is 0. The molecular formula is C12H20O2. The topological polar surface area (TPSA) is 37.3 Å². The van der Waals surface area contributed by atoms with E-state index in [0.29, 0.717) is 0 Å². The lowest BCUT2D eigenvalue weighted by molar-refractivity contribution is -0.119. The first-order valence-electron chi connectivity index (χ1n) is 5.55. The van der Waals surface area contributed by atoms with Crippen molar-refractivity contribution in [3.63, 3.8) is 0 Å². The van der Waals surface area contributed by atoms with Gasteiger partial charge in [0.25, 0.3) is 0 Å². The Hall–Kier alpha value is -0.790. The number of allylic oxidation sites excluding steroid dienone is 2. The van der Waals surface area contributed by atoms with E-state index in [-0.39, 0.29) is 23.4 Å². The molecule has 0 spiro atoms. The van der Waals surface area contributed by atoms with Crippen molar-refractivity contribution in [3.05, 3.63) is 11.8 Å². The minimum atomic E-state index is 0.0579. The van der Waals surface area contributed by atoms with Crippen LogP contribution in [0.3, 0.4) is 0 Å². The maximum atomic E-state index is 11.7. The molecule has 80 valence electrons. The number of rotatable bonds is 3. The Morgan fingerprint density at radius 2 is 1.86 bits per heavy atom. The monoisotopic (exact) mass is 196 g/mol. The predicted octanol–water partition coefficient (Wildman–Crippen LogP) is 3.23. The van der Waals surface area contributed by atoms with Crippen LogP contribution in [0.5, 0.6) is 0 Å². The van der Waals surface area contributed by atoms with Gasteiger partial charge in [-0.05, 0) is 12.8 Å². The molecule has 14 heavy (non-hydrogen) atoms. The largest absolute Gasteiger partial charge is 0.512 e. The first kappa shape index (κ1) is 11.3. The molecular weight excluding hydrogens is 176 g/mol. The zero-order valence-corrected chi connectivity index (χ0v) is 9.12. The van der Waals surface area contributed by atoms with Crippen molar-refractivity contribution in [2.45, 2.75) is 46.0 Å². The van der Waals surface area contributed by atoms with E-state index in [2.05, 4.69) is 0 Å². The zero-order valence-electron chi connectivity index (χ0n) is 9.12. The zero-order chi connectivity index (χ0) is 10.6. The molecule has 1 saturated carbocycles. The van der Waals surface area contributed by atoms with Crippen LogP contribution in [0.4, 0.5) is 0 Å². The highest BCUT2D eigenvalue weighted by atomic mass is 16.3. The fraction of sp³-hybridized carbons (Fsp3) is 0.750. The van der Waals surface area contributed by atoms with Crippen LogP contribution >= 0.6 is 0 Å². The van der Waals surface area contributed by atoms with Gasteiger partial charge in [0, 0.05) is 17.9 Å². The van der Waals surface area contributed by atoms with Gasteiger partial charge in [-0.25, -0.2) is 0 Å². The summed E-state index contributed by atoms with van der Waals surface area (Å²) in [4.78, 5) is 11.7. The summed E-state index contributed by atoms with van der Waals surface area (Å²) in [5.74, 6) is 0.573. The molecule has 2 nitrogen and oxygen atoms in total. The smallest absolute Gasteiger partial charge is 0.162 e. The Morgan fingerprint density at radius 1 is 1.29 bits per heavy atom. The average Bonchev–Trinajstić information content (AvgIpc) is 2.19. The molecule has 0 radical (unpaired) electrons. The molecule has 1 N–H and O–H groups in total. The third-order valence-corrected chi connectivity index (χ3v) is 2.89. The summed E-state index contributed by atoms with van der Waals surface area (Å²) in [6.07, 6.45) is 7.01. The number of hydrogen-bond donors (Lipinski definition) is 1. The van der Waals surface area contributed by atoms with Gasteiger partial charge in [0.2, 0.25) is 0 Å². The van der Waals surface area contributed by atoms with Gasteiger partial charge in [-0.15, -0.1) is 0 Å². The van der Waals surface area contributed by atoms with Crippen molar-refractivity contribution < 1.29 is 9.90 Å². The summed E-state index contributed by atoms with van der Waals surface area (Å²) >= 11 is 0. The molecule has 0 atom stereocenters. The van der Waals surface area contributed by atoms with Gasteiger partial charge in [0.15, 0.2) is 5.78 Å². The minimum absolute atomic E-state index is 0.0579. The standard InChI is InChI=1S/C12H20O2/c1-9(2)11(13)8-12(14)10-6-4-3-5-7-10/h8-10,13H,3-7H2,1-2H3. The third-order valence-electron chi connectivity index (χ3n) is 2.89. The molecule has 1 rings (SSSR count). The second-order valence-electron chi connectivity index (χ2n) is 4.46. The Labute approximate surface area is 86.0 Å². The van der Waals surface area contributed by atoms with E-state index in [4.69, 9.17) is 0 Å². The molecule has 0 saturated heterocycles. The lowest BCUT2D eigenvalue weighted by atomic mass is 9.86. The molecule has 0 aliphatic heterocycles. The fourth-order valence-corrected chi connectivity index (χ4v) is 1.82. The highest BCUT2D eigenvalue weighted by Gasteiger charge is 2.20. The van der Waals surface area contributed by atoms with Crippen LogP contribution < -0.4 is 0 Å². The number of aliphatic hydroxyl groups is 1. The van der Waals surface area contributed by atoms with Crippen LogP contribution in [-0.2, 0) is 4.79 Å². The van der Waals surface area contributed by atoms with Crippen LogP contribution in [-0.4, -0.2) is 10.9 Å². The van der Waals surface area contributed by atoms with Gasteiger partial charge >= 0.3 is 0 Å². The Bertz CT molecular complexity index is 222. The van der Waals surface area contributed by atoms with Gasteiger partial charge in [0.05, 0.1) is 5.76 Å². The summed E-state index contributed by atoms with van der Waals surface area (Å²) in [6, 6.07) is 0. The number of aliphatic hydroxyl groups excluding tert-OH is 1. The van der Waals surface area contributed by atoms with Gasteiger partial charge in [0.1, 0.15) is 0 Å². The second-order valence-corrected chi connectivity index (χ2v) is 4.46. The van der Waals surface area contributed by atoms with Gasteiger partial charge in [-0.2, -0.15) is 0 Å².